The van der Waals surface area contributed by atoms with Crippen molar-refractivity contribution < 1.29 is 4.79 Å². The number of aromatic nitrogens is 4. The molecule has 7 heteroatoms. The summed E-state index contributed by atoms with van der Waals surface area (Å²) in [6.07, 6.45) is 17.3. The van der Waals surface area contributed by atoms with E-state index in [-0.39, 0.29) is 5.28 Å². The summed E-state index contributed by atoms with van der Waals surface area (Å²) >= 11 is 12.1. The van der Waals surface area contributed by atoms with Crippen LogP contribution in [0.1, 0.15) is 103 Å². The summed E-state index contributed by atoms with van der Waals surface area (Å²) in [5.74, 6) is 1.23. The molecule has 0 atom stereocenters. The Bertz CT molecular complexity index is 791. The van der Waals surface area contributed by atoms with Gasteiger partial charge in [0.15, 0.2) is 10.8 Å². The second-order valence-electron chi connectivity index (χ2n) is 8.31. The zero-order valence-corrected chi connectivity index (χ0v) is 20.1. The molecule has 30 heavy (non-hydrogen) atoms. The first-order chi connectivity index (χ1) is 14.5. The number of fused-ring (bicyclic) bond motifs is 1. The summed E-state index contributed by atoms with van der Waals surface area (Å²) in [5.41, 5.74) is 1.37. The number of unbranched alkanes of at least 4 members (excludes halogenated alkanes) is 12. The SMILES string of the molecule is CC(=O)CCCCCCCCCCCCCCCn1c(C)nc2nc(Cl)nc(Cl)c21. The minimum absolute atomic E-state index is 0.141. The fraction of sp³-hybridized carbons (Fsp3) is 0.739. The van der Waals surface area contributed by atoms with E-state index in [9.17, 15) is 4.79 Å². The van der Waals surface area contributed by atoms with Crippen molar-refractivity contribution in [3.63, 3.8) is 0 Å². The van der Waals surface area contributed by atoms with Crippen LogP contribution >= 0.6 is 23.2 Å². The highest BCUT2D eigenvalue weighted by Gasteiger charge is 2.14. The highest BCUT2D eigenvalue weighted by atomic mass is 35.5. The predicted octanol–water partition coefficient (Wildman–Crippen LogP) is 7.49. The van der Waals surface area contributed by atoms with Crippen LogP contribution in [0.15, 0.2) is 0 Å². The number of carbonyl (C=O) groups is 1. The Hall–Kier alpha value is -1.20. The first-order valence-corrected chi connectivity index (χ1v) is 12.3. The summed E-state index contributed by atoms with van der Waals surface area (Å²) < 4.78 is 2.11. The lowest BCUT2D eigenvalue weighted by molar-refractivity contribution is -0.117. The predicted molar refractivity (Wildman–Crippen MR) is 125 cm³/mol. The molecule has 2 rings (SSSR count). The van der Waals surface area contributed by atoms with Gasteiger partial charge in [-0.3, -0.25) is 0 Å². The van der Waals surface area contributed by atoms with Crippen molar-refractivity contribution in [2.75, 3.05) is 0 Å². The molecule has 0 saturated carbocycles. The Labute approximate surface area is 191 Å². The standard InChI is InChI=1S/C23H36Cl2N4O/c1-18(30)16-14-12-10-8-6-4-3-5-7-9-11-13-15-17-29-19(2)26-22-20(29)21(24)27-23(25)28-22/h3-17H2,1-2H3. The Balaban J connectivity index is 1.47. The van der Waals surface area contributed by atoms with Crippen molar-refractivity contribution >= 4 is 40.1 Å². The van der Waals surface area contributed by atoms with E-state index in [1.165, 1.54) is 70.6 Å². The fourth-order valence-corrected chi connectivity index (χ4v) is 4.41. The third-order valence-corrected chi connectivity index (χ3v) is 6.07. The molecule has 0 unspecified atom stereocenters. The maximum Gasteiger partial charge on any atom is 0.225 e. The van der Waals surface area contributed by atoms with E-state index in [2.05, 4.69) is 19.5 Å². The average Bonchev–Trinajstić information content (AvgIpc) is 2.99. The van der Waals surface area contributed by atoms with Gasteiger partial charge in [0.2, 0.25) is 5.28 Å². The molecular formula is C23H36Cl2N4O. The van der Waals surface area contributed by atoms with E-state index in [1.54, 1.807) is 6.92 Å². The summed E-state index contributed by atoms with van der Waals surface area (Å²) in [7, 11) is 0. The van der Waals surface area contributed by atoms with Gasteiger partial charge in [-0.25, -0.2) is 9.97 Å². The third kappa shape index (κ3) is 8.89. The van der Waals surface area contributed by atoms with Gasteiger partial charge in [0.25, 0.3) is 0 Å². The first kappa shape index (κ1) is 25.1. The number of hydrogen-bond acceptors (Lipinski definition) is 4. The molecule has 168 valence electrons. The normalized spacial score (nSPS) is 11.5. The molecule has 0 aliphatic carbocycles. The number of hydrogen-bond donors (Lipinski definition) is 0. The molecule has 0 aromatic carbocycles. The molecule has 0 bridgehead atoms. The third-order valence-electron chi connectivity index (χ3n) is 5.63. The maximum absolute atomic E-state index is 10.9. The van der Waals surface area contributed by atoms with Crippen LogP contribution in [0.2, 0.25) is 10.4 Å². The lowest BCUT2D eigenvalue weighted by Crippen LogP contribution is -2.01. The van der Waals surface area contributed by atoms with Gasteiger partial charge in [-0.1, -0.05) is 82.2 Å². The zero-order valence-electron chi connectivity index (χ0n) is 18.6. The van der Waals surface area contributed by atoms with Crippen molar-refractivity contribution in [3.05, 3.63) is 16.3 Å². The minimum atomic E-state index is 0.141. The molecule has 0 spiro atoms. The van der Waals surface area contributed by atoms with Crippen LogP contribution in [0.5, 0.6) is 0 Å². The zero-order chi connectivity index (χ0) is 21.8. The highest BCUT2D eigenvalue weighted by Crippen LogP contribution is 2.24. The quantitative estimate of drug-likeness (QED) is 0.149. The van der Waals surface area contributed by atoms with E-state index in [0.29, 0.717) is 16.6 Å². The van der Waals surface area contributed by atoms with Crippen molar-refractivity contribution in [3.8, 4) is 0 Å². The van der Waals surface area contributed by atoms with Gasteiger partial charge < -0.3 is 9.36 Å². The topological polar surface area (TPSA) is 60.7 Å². The van der Waals surface area contributed by atoms with Crippen LogP contribution in [0.25, 0.3) is 11.2 Å². The van der Waals surface area contributed by atoms with Crippen LogP contribution < -0.4 is 0 Å². The van der Waals surface area contributed by atoms with Crippen LogP contribution in [0, 0.1) is 6.92 Å². The largest absolute Gasteiger partial charge is 0.324 e. The van der Waals surface area contributed by atoms with Crippen molar-refractivity contribution in [2.45, 2.75) is 110 Å². The molecule has 5 nitrogen and oxygen atoms in total. The molecule has 0 aliphatic rings. The Kier molecular flexibility index (Phi) is 11.7. The van der Waals surface area contributed by atoms with Gasteiger partial charge in [0.1, 0.15) is 17.1 Å². The number of rotatable bonds is 16. The molecule has 0 aliphatic heterocycles. The molecule has 2 heterocycles. The van der Waals surface area contributed by atoms with Gasteiger partial charge in [0, 0.05) is 13.0 Å². The molecular weight excluding hydrogens is 419 g/mol. The second kappa shape index (κ2) is 14.0. The van der Waals surface area contributed by atoms with Crippen LogP contribution in [-0.4, -0.2) is 25.3 Å². The number of carbonyl (C=O) groups excluding carboxylic acids is 1. The van der Waals surface area contributed by atoms with Crippen molar-refractivity contribution in [2.24, 2.45) is 0 Å². The van der Waals surface area contributed by atoms with Gasteiger partial charge in [0.05, 0.1) is 0 Å². The van der Waals surface area contributed by atoms with Crippen LogP contribution in [0.4, 0.5) is 0 Å². The molecule has 0 amide bonds. The monoisotopic (exact) mass is 454 g/mol. The van der Waals surface area contributed by atoms with Gasteiger partial charge in [-0.15, -0.1) is 0 Å². The smallest absolute Gasteiger partial charge is 0.225 e. The van der Waals surface area contributed by atoms with E-state index in [1.807, 2.05) is 6.92 Å². The number of halogens is 2. The summed E-state index contributed by atoms with van der Waals surface area (Å²) in [5, 5.41) is 0.517. The lowest BCUT2D eigenvalue weighted by Gasteiger charge is -2.07. The number of Topliss-reactive ketones (excluding diaryl/α,β-unsaturated/α-hetero) is 1. The lowest BCUT2D eigenvalue weighted by atomic mass is 10.0. The van der Waals surface area contributed by atoms with E-state index in [4.69, 9.17) is 23.2 Å². The second-order valence-corrected chi connectivity index (χ2v) is 9.01. The molecule has 0 fully saturated rings. The van der Waals surface area contributed by atoms with Gasteiger partial charge in [-0.05, 0) is 38.3 Å². The first-order valence-electron chi connectivity index (χ1n) is 11.5. The number of imidazole rings is 1. The van der Waals surface area contributed by atoms with E-state index in [0.717, 1.165) is 37.1 Å². The summed E-state index contributed by atoms with van der Waals surface area (Å²) in [6, 6.07) is 0. The van der Waals surface area contributed by atoms with Gasteiger partial charge in [-0.2, -0.15) is 4.98 Å². The number of aryl methyl sites for hydroxylation is 2. The Morgan fingerprint density at radius 1 is 0.767 bits per heavy atom. The van der Waals surface area contributed by atoms with E-state index < -0.39 is 0 Å². The van der Waals surface area contributed by atoms with Crippen LogP contribution in [-0.2, 0) is 11.3 Å². The molecule has 0 N–H and O–H groups in total. The molecule has 2 aromatic rings. The Morgan fingerprint density at radius 3 is 1.80 bits per heavy atom. The molecule has 0 saturated heterocycles. The van der Waals surface area contributed by atoms with E-state index >= 15 is 0 Å². The summed E-state index contributed by atoms with van der Waals surface area (Å²) in [6.45, 7) is 4.54. The highest BCUT2D eigenvalue weighted by molar-refractivity contribution is 6.35. The fourth-order valence-electron chi connectivity index (χ4n) is 3.94. The maximum atomic E-state index is 10.9. The number of nitrogens with zero attached hydrogens (tertiary/aromatic N) is 4. The average molecular weight is 455 g/mol. The number of ketones is 1. The summed E-state index contributed by atoms with van der Waals surface area (Å²) in [4.78, 5) is 23.6. The van der Waals surface area contributed by atoms with Gasteiger partial charge >= 0.3 is 0 Å². The Morgan fingerprint density at radius 2 is 1.27 bits per heavy atom. The van der Waals surface area contributed by atoms with Crippen molar-refractivity contribution in [1.29, 1.82) is 0 Å². The van der Waals surface area contributed by atoms with Crippen molar-refractivity contribution in [1.82, 2.24) is 19.5 Å². The van der Waals surface area contributed by atoms with Crippen LogP contribution in [0.3, 0.4) is 0 Å². The minimum Gasteiger partial charge on any atom is -0.324 e. The molecule has 2 aromatic heterocycles. The molecule has 0 radical (unpaired) electrons.